The summed E-state index contributed by atoms with van der Waals surface area (Å²) >= 11 is 0. The Labute approximate surface area is 354 Å². The lowest BCUT2D eigenvalue weighted by molar-refractivity contribution is -0.244. The average molecular weight is 879 g/mol. The summed E-state index contributed by atoms with van der Waals surface area (Å²) in [5.41, 5.74) is -3.67. The van der Waals surface area contributed by atoms with E-state index in [4.69, 9.17) is 14.2 Å². The van der Waals surface area contributed by atoms with Crippen molar-refractivity contribution in [2.45, 2.75) is 126 Å². The lowest BCUT2D eigenvalue weighted by Gasteiger charge is -2.35. The van der Waals surface area contributed by atoms with Crippen molar-refractivity contribution in [3.8, 4) is 11.6 Å². The maximum Gasteiger partial charge on any atom is 0.427 e. The number of methoxy groups -OCH3 is 1. The molecule has 0 radical (unpaired) electrons. The molecule has 19 heteroatoms. The van der Waals surface area contributed by atoms with Crippen LogP contribution in [0.5, 0.6) is 11.6 Å². The van der Waals surface area contributed by atoms with E-state index < -0.39 is 85.9 Å². The minimum atomic E-state index is -4.92. The van der Waals surface area contributed by atoms with Crippen LogP contribution in [0.3, 0.4) is 0 Å². The largest absolute Gasteiger partial charge is 0.494 e. The van der Waals surface area contributed by atoms with Crippen molar-refractivity contribution >= 4 is 50.3 Å². The summed E-state index contributed by atoms with van der Waals surface area (Å²) < 4.78 is 86.0. The predicted molar refractivity (Wildman–Crippen MR) is 220 cm³/mol. The fraction of sp³-hybridized carbons (Fsp3) is 0.643. The third-order valence-electron chi connectivity index (χ3n) is 12.7. The second-order valence-corrected chi connectivity index (χ2v) is 20.1. The number of rotatable bonds is 10. The number of allylic oxidation sites excluding steroid dienone is 1. The Hall–Kier alpha value is -4.81. The number of carbonyl (C=O) groups excluding carboxylic acids is 4. The molecule has 0 unspecified atom stereocenters. The summed E-state index contributed by atoms with van der Waals surface area (Å²) in [5.74, 6) is -2.97. The summed E-state index contributed by atoms with van der Waals surface area (Å²) in [6.45, 7) is 6.48. The molecule has 6 rings (SSSR count). The molecule has 3 fully saturated rings. The Bertz CT molecular complexity index is 2180. The molecule has 2 aromatic rings. The number of fused-ring (bicyclic) bond motifs is 3. The highest BCUT2D eigenvalue weighted by Crippen LogP contribution is 2.48. The predicted octanol–water partition coefficient (Wildman–Crippen LogP) is 5.37. The van der Waals surface area contributed by atoms with Gasteiger partial charge in [0.1, 0.15) is 29.5 Å². The van der Waals surface area contributed by atoms with Gasteiger partial charge in [0.2, 0.25) is 33.3 Å². The fourth-order valence-electron chi connectivity index (χ4n) is 8.13. The van der Waals surface area contributed by atoms with Crippen molar-refractivity contribution in [1.29, 1.82) is 0 Å². The number of pyridine rings is 1. The number of nitrogens with one attached hydrogen (secondary N) is 3. The molecule has 61 heavy (non-hydrogen) atoms. The maximum atomic E-state index is 15.0. The Morgan fingerprint density at radius 1 is 1.11 bits per heavy atom. The normalized spacial score (nSPS) is 28.5. The summed E-state index contributed by atoms with van der Waals surface area (Å²) in [4.78, 5) is 64.5. The Kier molecular flexibility index (Phi) is 12.6. The highest BCUT2D eigenvalue weighted by atomic mass is 32.2. The highest BCUT2D eigenvalue weighted by Gasteiger charge is 2.63. The number of hydrogen-bond acceptors (Lipinski definition) is 11. The maximum absolute atomic E-state index is 15.0. The minimum Gasteiger partial charge on any atom is -0.494 e. The van der Waals surface area contributed by atoms with Crippen LogP contribution in [0, 0.1) is 17.8 Å². The van der Waals surface area contributed by atoms with E-state index in [9.17, 15) is 40.8 Å². The number of anilines is 1. The van der Waals surface area contributed by atoms with E-state index in [1.165, 1.54) is 18.2 Å². The van der Waals surface area contributed by atoms with Gasteiger partial charge < -0.3 is 34.6 Å². The molecule has 3 N–H and O–H groups in total. The number of sulfonamides is 1. The number of aromatic nitrogens is 1. The number of nitrogens with zero attached hydrogens (tertiary/aromatic N) is 3. The first-order valence-corrected chi connectivity index (χ1v) is 22.2. The molecule has 2 aliphatic heterocycles. The first-order chi connectivity index (χ1) is 28.5. The van der Waals surface area contributed by atoms with Crippen molar-refractivity contribution in [1.82, 2.24) is 25.2 Å². The molecule has 1 saturated heterocycles. The van der Waals surface area contributed by atoms with Crippen LogP contribution in [0.1, 0.15) is 86.0 Å². The van der Waals surface area contributed by atoms with Crippen LogP contribution in [0.25, 0.3) is 10.8 Å². The standard InChI is InChI=1S/C42H57F3N6O9S/c1-9-25-18-24(2)12-10-11-13-26-21-41(26,37(54)49-61(56,57)40(5)16-17-40)48-34(52)31-20-28(23-51(31)36(53)33(25)47-38(55)60-39(3,4)42(43,44)45)59-35-29-15-14-27(50(6)7)19-30(29)32(58-8)22-46-35/h11,13-15,19,22,24-26,28,31,33H,9-10,12,16-18,20-21,23H2,1-8H3,(H,47,55)(H,48,52)(H,49,54)/b13-11-/t24-,25+,26+,28+,31-,33-,41+/m0/s1. The molecule has 15 nitrogen and oxygen atoms in total. The molecule has 4 aliphatic rings. The zero-order valence-corrected chi connectivity index (χ0v) is 36.7. The van der Waals surface area contributed by atoms with Crippen LogP contribution < -0.4 is 29.7 Å². The van der Waals surface area contributed by atoms with Crippen molar-refractivity contribution in [2.24, 2.45) is 17.8 Å². The van der Waals surface area contributed by atoms with Gasteiger partial charge in [-0.2, -0.15) is 13.2 Å². The molecule has 2 saturated carbocycles. The molecule has 7 atom stereocenters. The number of alkyl carbamates (subject to hydrolysis) is 1. The van der Waals surface area contributed by atoms with Gasteiger partial charge in [-0.05, 0) is 89.3 Å². The number of benzene rings is 1. The SMILES string of the molecule is CC[C@@H]1C[C@@H](C)CC/C=C\[C@@H]2C[C@@]2(C(=O)NS(=O)(=O)C2(C)CC2)NC(=O)[C@@H]2C[C@@H](Oc3ncc(OC)c4cc(N(C)C)ccc34)CN2C(=O)[C@H]1NC(=O)OC(C)(C)C(F)(F)F. The summed E-state index contributed by atoms with van der Waals surface area (Å²) in [6, 6.07) is 2.80. The smallest absolute Gasteiger partial charge is 0.427 e. The number of alkyl halides is 3. The molecule has 0 bridgehead atoms. The Morgan fingerprint density at radius 3 is 2.44 bits per heavy atom. The number of halogens is 3. The third kappa shape index (κ3) is 9.36. The lowest BCUT2D eigenvalue weighted by Crippen LogP contribution is -2.60. The van der Waals surface area contributed by atoms with Gasteiger partial charge in [0.15, 0.2) is 0 Å². The second kappa shape index (κ2) is 16.8. The van der Waals surface area contributed by atoms with E-state index in [-0.39, 0.29) is 31.2 Å². The topological polar surface area (TPSA) is 186 Å². The Balaban J connectivity index is 1.38. The first kappa shape index (κ1) is 45.7. The number of carbonyl (C=O) groups is 4. The lowest BCUT2D eigenvalue weighted by atomic mass is 9.85. The van der Waals surface area contributed by atoms with Crippen molar-refractivity contribution < 1.29 is 55.0 Å². The van der Waals surface area contributed by atoms with Crippen LogP contribution in [0.2, 0.25) is 0 Å². The summed E-state index contributed by atoms with van der Waals surface area (Å²) in [6.07, 6.45) is 0.496. The van der Waals surface area contributed by atoms with E-state index in [2.05, 4.69) is 20.3 Å². The number of hydrogen-bond donors (Lipinski definition) is 3. The molecule has 4 amide bonds. The molecule has 0 spiro atoms. The highest BCUT2D eigenvalue weighted by molar-refractivity contribution is 7.91. The third-order valence-corrected chi connectivity index (χ3v) is 14.9. The second-order valence-electron chi connectivity index (χ2n) is 17.9. The van der Waals surface area contributed by atoms with Crippen molar-refractivity contribution in [3.05, 3.63) is 36.5 Å². The van der Waals surface area contributed by atoms with Gasteiger partial charge in [0.25, 0.3) is 5.91 Å². The zero-order valence-electron chi connectivity index (χ0n) is 35.9. The van der Waals surface area contributed by atoms with E-state index in [1.54, 1.807) is 19.9 Å². The van der Waals surface area contributed by atoms with Gasteiger partial charge in [-0.15, -0.1) is 0 Å². The van der Waals surface area contributed by atoms with Gasteiger partial charge >= 0.3 is 12.3 Å². The van der Waals surface area contributed by atoms with Crippen LogP contribution in [-0.4, -0.2) is 110 Å². The van der Waals surface area contributed by atoms with E-state index >= 15 is 0 Å². The molecular formula is C42H57F3N6O9S. The molecular weight excluding hydrogens is 822 g/mol. The summed E-state index contributed by atoms with van der Waals surface area (Å²) in [5, 5.41) is 6.52. The molecule has 1 aromatic carbocycles. The molecule has 1 aromatic heterocycles. The van der Waals surface area contributed by atoms with Crippen LogP contribution in [0.15, 0.2) is 36.5 Å². The molecule has 2 aliphatic carbocycles. The summed E-state index contributed by atoms with van der Waals surface area (Å²) in [7, 11) is 1.19. The monoisotopic (exact) mass is 878 g/mol. The van der Waals surface area contributed by atoms with Crippen LogP contribution >= 0.6 is 0 Å². The van der Waals surface area contributed by atoms with E-state index in [1.807, 2.05) is 50.2 Å². The fourth-order valence-corrected chi connectivity index (χ4v) is 9.44. The number of ether oxygens (including phenoxy) is 3. The van der Waals surface area contributed by atoms with Crippen LogP contribution in [-0.2, 0) is 29.1 Å². The Morgan fingerprint density at radius 2 is 1.82 bits per heavy atom. The van der Waals surface area contributed by atoms with Gasteiger partial charge in [-0.1, -0.05) is 32.4 Å². The van der Waals surface area contributed by atoms with Crippen LogP contribution in [0.4, 0.5) is 23.7 Å². The molecule has 3 heterocycles. The van der Waals surface area contributed by atoms with Crippen molar-refractivity contribution in [2.75, 3.05) is 32.6 Å². The zero-order chi connectivity index (χ0) is 44.9. The van der Waals surface area contributed by atoms with Gasteiger partial charge in [0, 0.05) is 42.9 Å². The molecule has 336 valence electrons. The number of amides is 4. The van der Waals surface area contributed by atoms with Crippen molar-refractivity contribution in [3.63, 3.8) is 0 Å². The minimum absolute atomic E-state index is 0.0381. The average Bonchev–Trinajstić information content (AvgIpc) is 4.06. The first-order valence-electron chi connectivity index (χ1n) is 20.7. The van der Waals surface area contributed by atoms with E-state index in [0.717, 1.165) is 5.69 Å². The van der Waals surface area contributed by atoms with Gasteiger partial charge in [-0.3, -0.25) is 19.1 Å². The van der Waals surface area contributed by atoms with E-state index in [0.29, 0.717) is 68.9 Å². The van der Waals surface area contributed by atoms with Gasteiger partial charge in [-0.25, -0.2) is 18.2 Å². The van der Waals surface area contributed by atoms with Gasteiger partial charge in [0.05, 0.1) is 24.6 Å². The quantitative estimate of drug-likeness (QED) is 0.261.